The van der Waals surface area contributed by atoms with Crippen LogP contribution in [0.1, 0.15) is 230 Å². The largest absolute Gasteiger partial charge is 0.493 e. The number of aromatic nitrogens is 7. The first kappa shape index (κ1) is 106. The number of aryl methyl sites for hydroxylation is 1. The van der Waals surface area contributed by atoms with Gasteiger partial charge in [0.1, 0.15) is 22.8 Å². The second-order valence-electron chi connectivity index (χ2n) is 41.1. The zero-order valence-corrected chi connectivity index (χ0v) is 91.0. The van der Waals surface area contributed by atoms with Crippen molar-refractivity contribution in [3.8, 4) is 95.0 Å². The van der Waals surface area contributed by atoms with E-state index < -0.39 is 0 Å². The van der Waals surface area contributed by atoms with Crippen LogP contribution >= 0.6 is 103 Å². The third-order valence-electron chi connectivity index (χ3n) is 22.3. The summed E-state index contributed by atoms with van der Waals surface area (Å²) < 4.78 is 21.0. The van der Waals surface area contributed by atoms with E-state index in [-0.39, 0.29) is 43.8 Å². The number of thiazole rings is 5. The number of hydrogen-bond acceptors (Lipinski definition) is 18. The minimum Gasteiger partial charge on any atom is -0.493 e. The summed E-state index contributed by atoms with van der Waals surface area (Å²) in [6, 6.07) is 75.5. The number of carbonyl (C=O) groups is 1. The third kappa shape index (κ3) is 28.7. The summed E-state index contributed by atoms with van der Waals surface area (Å²) in [5.41, 5.74) is 19.6. The van der Waals surface area contributed by atoms with E-state index in [1.807, 2.05) is 144 Å². The van der Waals surface area contributed by atoms with Crippen LogP contribution in [0.25, 0.3) is 111 Å². The lowest BCUT2D eigenvalue weighted by molar-refractivity contribution is 0.0792. The number of nitrogens with zero attached hydrogens (tertiary/aromatic N) is 9. The molecule has 716 valence electrons. The first-order chi connectivity index (χ1) is 64.7. The maximum absolute atomic E-state index is 12.5. The van der Waals surface area contributed by atoms with Crippen LogP contribution in [0.15, 0.2) is 256 Å². The number of rotatable bonds is 14. The predicted octanol–water partition coefficient (Wildman–Crippen LogP) is 35.6. The van der Waals surface area contributed by atoms with Crippen LogP contribution in [0.4, 0.5) is 5.69 Å². The number of anilines is 1. The van der Waals surface area contributed by atoms with Gasteiger partial charge in [-0.2, -0.15) is 4.37 Å². The zero-order chi connectivity index (χ0) is 99.1. The number of halogens is 3. The number of furan rings is 1. The van der Waals surface area contributed by atoms with Gasteiger partial charge in [0.15, 0.2) is 0 Å². The molecule has 8 aromatic heterocycles. The van der Waals surface area contributed by atoms with Crippen molar-refractivity contribution in [2.24, 2.45) is 0 Å². The molecule has 9 aromatic carbocycles. The normalized spacial score (nSPS) is 12.4. The van der Waals surface area contributed by atoms with Gasteiger partial charge in [-0.25, -0.2) is 24.9 Å². The van der Waals surface area contributed by atoms with Gasteiger partial charge in [-0.1, -0.05) is 301 Å². The number of likely N-dealkylation sites (tertiary alicyclic amines) is 1. The molecular formula is C115H130Cl3N9O4S6. The topological polar surface area (TPSA) is 149 Å². The predicted molar refractivity (Wildman–Crippen MR) is 590 cm³/mol. The number of carbonyl (C=O) groups excluding carboxylic acids is 1. The van der Waals surface area contributed by atoms with Crippen molar-refractivity contribution in [2.45, 2.75) is 224 Å². The summed E-state index contributed by atoms with van der Waals surface area (Å²) in [4.78, 5) is 44.7. The fraction of sp³-hybridized carbons (Fsp3) is 0.339. The van der Waals surface area contributed by atoms with Crippen LogP contribution in [0.5, 0.6) is 5.75 Å². The van der Waals surface area contributed by atoms with Crippen LogP contribution in [-0.4, -0.2) is 78.0 Å². The van der Waals surface area contributed by atoms with Crippen LogP contribution in [0.3, 0.4) is 0 Å². The molecule has 9 heterocycles. The molecule has 0 saturated carbocycles. The molecule has 137 heavy (non-hydrogen) atoms. The number of hydrogen-bond donors (Lipinski definition) is 0. The molecule has 0 spiro atoms. The quantitative estimate of drug-likeness (QED) is 0.102. The lowest BCUT2D eigenvalue weighted by Crippen LogP contribution is -2.27. The molecule has 22 heteroatoms. The molecular weight excluding hydrogens is 1870 g/mol. The average Bonchev–Trinajstić information content (AvgIpc) is 0.985. The Labute approximate surface area is 851 Å². The van der Waals surface area contributed by atoms with E-state index >= 15 is 0 Å². The molecule has 0 aliphatic carbocycles. The van der Waals surface area contributed by atoms with Crippen molar-refractivity contribution in [1.29, 1.82) is 0 Å². The van der Waals surface area contributed by atoms with Gasteiger partial charge in [-0.05, 0) is 172 Å². The number of benzene rings is 9. The second kappa shape index (κ2) is 45.8. The SMILES string of the molecule is CC(C)(C)c1cc(-c2ccc(Cl)cc2)no1.CC(C)(C)c1cc(-c2ccc(Cl)cc2)ns1.CC(C)(C)c1nc(-c2ccc3occc3c2)cs1.CC(C)(C)c1nc(-c2cccc(C(=O)N3CCCC3)c2)cs1.CCN(CC)c1ccc(-c2nc(C(C)(C)C)sc2-c2ccccc2)cc1.CCOc1cc(-c2csc(C(C)(C)C)n2)cc2ccccc12.Cc1sc(C(C)(C)C)nc1-c1ccc(Cl)cc1. The van der Waals surface area contributed by atoms with E-state index in [9.17, 15) is 4.79 Å². The van der Waals surface area contributed by atoms with Gasteiger partial charge in [0.2, 0.25) is 0 Å². The lowest BCUT2D eigenvalue weighted by Gasteiger charge is -2.21. The highest BCUT2D eigenvalue weighted by Crippen LogP contribution is 2.44. The van der Waals surface area contributed by atoms with E-state index in [1.165, 1.54) is 51.9 Å². The summed E-state index contributed by atoms with van der Waals surface area (Å²) in [5, 5.41) is 21.9. The van der Waals surface area contributed by atoms with Gasteiger partial charge in [-0.15, -0.1) is 56.7 Å². The van der Waals surface area contributed by atoms with Crippen molar-refractivity contribution >= 4 is 136 Å². The Balaban J connectivity index is 0.000000144. The number of amides is 1. The molecule has 0 bridgehead atoms. The molecule has 1 aliphatic rings. The van der Waals surface area contributed by atoms with Crippen LogP contribution in [-0.2, 0) is 37.9 Å². The maximum atomic E-state index is 12.5. The Morgan fingerprint density at radius 2 is 0.883 bits per heavy atom. The van der Waals surface area contributed by atoms with E-state index in [0.717, 1.165) is 171 Å². The van der Waals surface area contributed by atoms with Crippen molar-refractivity contribution < 1.29 is 18.5 Å². The second-order valence-corrected chi connectivity index (χ2v) is 48.0. The summed E-state index contributed by atoms with van der Waals surface area (Å²) in [7, 11) is 0. The van der Waals surface area contributed by atoms with E-state index in [4.69, 9.17) is 73.4 Å². The van der Waals surface area contributed by atoms with Gasteiger partial charge >= 0.3 is 0 Å². The van der Waals surface area contributed by atoms with Gasteiger partial charge in [-0.3, -0.25) is 4.79 Å². The van der Waals surface area contributed by atoms with Crippen LogP contribution < -0.4 is 9.64 Å². The molecule has 1 amide bonds. The summed E-state index contributed by atoms with van der Waals surface area (Å²) >= 11 is 27.9. The molecule has 1 fully saturated rings. The minimum atomic E-state index is -0.0162. The highest BCUT2D eigenvalue weighted by Gasteiger charge is 2.29. The highest BCUT2D eigenvalue weighted by molar-refractivity contribution is 7.16. The van der Waals surface area contributed by atoms with E-state index in [1.54, 1.807) is 63.1 Å². The van der Waals surface area contributed by atoms with Crippen molar-refractivity contribution in [3.05, 3.63) is 308 Å². The van der Waals surface area contributed by atoms with Crippen molar-refractivity contribution in [2.75, 3.05) is 37.7 Å². The van der Waals surface area contributed by atoms with Crippen molar-refractivity contribution in [1.82, 2.24) is 39.4 Å². The molecule has 0 unspecified atom stereocenters. The average molecular weight is 2000 g/mol. The highest BCUT2D eigenvalue weighted by atomic mass is 35.5. The number of fused-ring (bicyclic) bond motifs is 2. The summed E-state index contributed by atoms with van der Waals surface area (Å²) in [6.45, 7) is 58.8. The van der Waals surface area contributed by atoms with E-state index in [0.29, 0.717) is 6.61 Å². The molecule has 1 aliphatic heterocycles. The molecule has 0 atom stereocenters. The molecule has 0 radical (unpaired) electrons. The first-order valence-corrected chi connectivity index (χ1v) is 52.9. The van der Waals surface area contributed by atoms with Gasteiger partial charge in [0.25, 0.3) is 5.91 Å². The van der Waals surface area contributed by atoms with Gasteiger partial charge in [0.05, 0.1) is 76.9 Å². The monoisotopic (exact) mass is 2000 g/mol. The van der Waals surface area contributed by atoms with Crippen LogP contribution in [0, 0.1) is 6.92 Å². The van der Waals surface area contributed by atoms with Gasteiger partial charge in [0, 0.05) is 167 Å². The Hall–Kier alpha value is -10.3. The van der Waals surface area contributed by atoms with Crippen LogP contribution in [0.2, 0.25) is 15.1 Å². The lowest BCUT2D eigenvalue weighted by atomic mass is 9.93. The molecule has 1 saturated heterocycles. The van der Waals surface area contributed by atoms with E-state index in [2.05, 4.69) is 300 Å². The fourth-order valence-electron chi connectivity index (χ4n) is 14.4. The summed E-state index contributed by atoms with van der Waals surface area (Å²) in [5.74, 6) is 1.96. The number of ether oxygens (including phenoxy) is 1. The van der Waals surface area contributed by atoms with Gasteiger partial charge < -0.3 is 23.5 Å². The smallest absolute Gasteiger partial charge is 0.253 e. The Bertz CT molecular complexity index is 6670. The Kier molecular flexibility index (Phi) is 35.3. The molecule has 0 N–H and O–H groups in total. The third-order valence-corrected chi connectivity index (χ3v) is 31.0. The standard InChI is InChI=1S/C23H28N2S.C19H21NOS.C18H22N2OS.C15H15NOS.C14H16ClNS.C13H14ClNO.C13H14ClNS/c1-6-25(7-2)19-15-13-17(14-16-19)20-21(18-11-9-8-10-12-18)26-22(24-20)23(3,4)5;1-5-21-17-11-14(10-13-8-6-7-9-15(13)17)16-12-22-18(20-16)19(2,3)4;1-18(2,3)17-19-15(12-22-17)13-7-6-8-14(11-13)16(21)20-9-4-5-10-20;1-15(2,3)14-16-12(9-18-14)10-4-5-13-11(8-10)6-7-17-13;1-9-12(10-5-7-11(15)8-6-10)16-13(17-9)14(2,3)4;2*1-13(2,3)12-8-11(15-16-12)9-4-6-10(14)7-5-9/h8-16H,6-7H2,1-5H3;6-12H,5H2,1-4H3;6-8,11-12H,4-5,9-10H2,1-3H3;4-9H,1-3H3;5-8H,1-4H3;2*4-8H,1-3H3. The Morgan fingerprint density at radius 1 is 0.416 bits per heavy atom. The summed E-state index contributed by atoms with van der Waals surface area (Å²) in [6.07, 6.45) is 3.95. The first-order valence-electron chi connectivity index (χ1n) is 46.8. The molecule has 18 rings (SSSR count). The fourth-order valence-corrected chi connectivity index (χ4v) is 20.5. The Morgan fingerprint density at radius 3 is 1.38 bits per heavy atom. The maximum Gasteiger partial charge on any atom is 0.253 e. The molecule has 17 aromatic rings. The zero-order valence-electron chi connectivity index (χ0n) is 83.9. The minimum absolute atomic E-state index is 0.0162. The molecule has 13 nitrogen and oxygen atoms in total. The van der Waals surface area contributed by atoms with Crippen molar-refractivity contribution in [3.63, 3.8) is 0 Å².